The lowest BCUT2D eigenvalue weighted by Crippen LogP contribution is -2.31. The highest BCUT2D eigenvalue weighted by molar-refractivity contribution is 7.98. The molecule has 2 aromatic rings. The second kappa shape index (κ2) is 8.38. The van der Waals surface area contributed by atoms with Crippen molar-refractivity contribution in [3.63, 3.8) is 0 Å². The molecule has 0 saturated heterocycles. The summed E-state index contributed by atoms with van der Waals surface area (Å²) in [6, 6.07) is 5.36. The van der Waals surface area contributed by atoms with Gasteiger partial charge in [0.25, 0.3) is 5.56 Å². The molecule has 2 amide bonds. The summed E-state index contributed by atoms with van der Waals surface area (Å²) < 4.78 is 4.57. The van der Waals surface area contributed by atoms with Crippen molar-refractivity contribution >= 4 is 28.9 Å². The summed E-state index contributed by atoms with van der Waals surface area (Å²) in [5.74, 6) is 0.892. The van der Waals surface area contributed by atoms with Gasteiger partial charge < -0.3 is 5.32 Å². The first-order chi connectivity index (χ1) is 12.2. The van der Waals surface area contributed by atoms with Gasteiger partial charge in [0.1, 0.15) is 5.82 Å². The van der Waals surface area contributed by atoms with Gasteiger partial charge in [-0.3, -0.25) is 14.1 Å². The summed E-state index contributed by atoms with van der Waals surface area (Å²) in [4.78, 5) is 30.0. The van der Waals surface area contributed by atoms with E-state index in [9.17, 15) is 9.59 Å². The standard InChI is InChI=1S/C18H24N4O2S/c1-2-3-10-19-18(24)21-25-13-8-9-15-14(12-13)17(23)22-11-6-4-5-7-16(22)20-15/h8-9,12H,2-7,10-11H2,1H3,(H2,19,21,24). The predicted molar refractivity (Wildman–Crippen MR) is 101 cm³/mol. The van der Waals surface area contributed by atoms with E-state index in [0.717, 1.165) is 61.3 Å². The maximum Gasteiger partial charge on any atom is 0.325 e. The van der Waals surface area contributed by atoms with Crippen LogP contribution in [-0.4, -0.2) is 22.1 Å². The molecule has 2 heterocycles. The Labute approximate surface area is 151 Å². The molecule has 0 atom stereocenters. The van der Waals surface area contributed by atoms with E-state index in [4.69, 9.17) is 0 Å². The van der Waals surface area contributed by atoms with E-state index < -0.39 is 0 Å². The number of aromatic nitrogens is 2. The Balaban J connectivity index is 1.77. The summed E-state index contributed by atoms with van der Waals surface area (Å²) in [6.07, 6.45) is 6.11. The van der Waals surface area contributed by atoms with Crippen LogP contribution in [0.2, 0.25) is 0 Å². The lowest BCUT2D eigenvalue weighted by Gasteiger charge is -2.11. The van der Waals surface area contributed by atoms with E-state index >= 15 is 0 Å². The van der Waals surface area contributed by atoms with Crippen molar-refractivity contribution in [2.75, 3.05) is 6.54 Å². The van der Waals surface area contributed by atoms with Gasteiger partial charge in [0.05, 0.1) is 10.9 Å². The van der Waals surface area contributed by atoms with Gasteiger partial charge >= 0.3 is 6.03 Å². The molecule has 2 N–H and O–H groups in total. The Morgan fingerprint density at radius 3 is 3.04 bits per heavy atom. The number of hydrogen-bond acceptors (Lipinski definition) is 4. The molecule has 0 fully saturated rings. The summed E-state index contributed by atoms with van der Waals surface area (Å²) >= 11 is 1.21. The van der Waals surface area contributed by atoms with Crippen molar-refractivity contribution in [1.29, 1.82) is 0 Å². The van der Waals surface area contributed by atoms with Crippen molar-refractivity contribution in [3.8, 4) is 0 Å². The fraction of sp³-hybridized carbons (Fsp3) is 0.500. The van der Waals surface area contributed by atoms with E-state index in [0.29, 0.717) is 11.9 Å². The van der Waals surface area contributed by atoms with E-state index in [1.807, 2.05) is 22.8 Å². The van der Waals surface area contributed by atoms with Crippen LogP contribution in [0, 0.1) is 0 Å². The highest BCUT2D eigenvalue weighted by atomic mass is 32.2. The maximum absolute atomic E-state index is 12.8. The van der Waals surface area contributed by atoms with Crippen molar-refractivity contribution in [3.05, 3.63) is 34.4 Å². The van der Waals surface area contributed by atoms with Gasteiger partial charge in [0.15, 0.2) is 0 Å². The molecule has 0 unspecified atom stereocenters. The molecule has 0 radical (unpaired) electrons. The van der Waals surface area contributed by atoms with Crippen molar-refractivity contribution in [2.45, 2.75) is 56.9 Å². The number of aryl methyl sites for hydroxylation is 1. The molecule has 25 heavy (non-hydrogen) atoms. The molecule has 1 aliphatic heterocycles. The smallest absolute Gasteiger partial charge is 0.325 e. The Bertz CT molecular complexity index is 819. The van der Waals surface area contributed by atoms with E-state index in [1.165, 1.54) is 11.9 Å². The van der Waals surface area contributed by atoms with Gasteiger partial charge in [0.2, 0.25) is 0 Å². The topological polar surface area (TPSA) is 76.0 Å². The Kier molecular flexibility index (Phi) is 5.96. The number of nitrogens with one attached hydrogen (secondary N) is 2. The number of urea groups is 1. The third kappa shape index (κ3) is 4.34. The van der Waals surface area contributed by atoms with Gasteiger partial charge in [-0.25, -0.2) is 9.78 Å². The zero-order valence-electron chi connectivity index (χ0n) is 14.5. The number of rotatable bonds is 5. The SMILES string of the molecule is CCCCNC(=O)NSc1ccc2nc3n(c(=O)c2c1)CCCCC3. The third-order valence-corrected chi connectivity index (χ3v) is 5.14. The second-order valence-corrected chi connectivity index (χ2v) is 7.17. The molecule has 7 heteroatoms. The van der Waals surface area contributed by atoms with Gasteiger partial charge in [-0.1, -0.05) is 19.8 Å². The zero-order chi connectivity index (χ0) is 17.6. The fourth-order valence-electron chi connectivity index (χ4n) is 2.98. The number of amides is 2. The largest absolute Gasteiger partial charge is 0.337 e. The summed E-state index contributed by atoms with van der Waals surface area (Å²) in [5, 5.41) is 3.42. The molecule has 1 aromatic carbocycles. The van der Waals surface area contributed by atoms with Gasteiger partial charge in [-0.15, -0.1) is 0 Å². The minimum absolute atomic E-state index is 0.0248. The minimum atomic E-state index is -0.213. The Morgan fingerprint density at radius 1 is 1.32 bits per heavy atom. The minimum Gasteiger partial charge on any atom is -0.337 e. The first-order valence-electron chi connectivity index (χ1n) is 8.93. The highest BCUT2D eigenvalue weighted by Crippen LogP contribution is 2.20. The lowest BCUT2D eigenvalue weighted by atomic mass is 10.2. The van der Waals surface area contributed by atoms with Crippen LogP contribution in [0.25, 0.3) is 10.9 Å². The first kappa shape index (κ1) is 17.8. The van der Waals surface area contributed by atoms with Crippen molar-refractivity contribution in [1.82, 2.24) is 19.6 Å². The van der Waals surface area contributed by atoms with Crippen molar-refractivity contribution < 1.29 is 4.79 Å². The molecule has 134 valence electrons. The molecule has 0 bridgehead atoms. The number of carbonyl (C=O) groups is 1. The molecule has 0 spiro atoms. The number of nitrogens with zero attached hydrogens (tertiary/aromatic N) is 2. The van der Waals surface area contributed by atoms with Crippen LogP contribution in [0.1, 0.15) is 44.9 Å². The van der Waals surface area contributed by atoms with Crippen LogP contribution >= 0.6 is 11.9 Å². The van der Waals surface area contributed by atoms with Crippen molar-refractivity contribution in [2.24, 2.45) is 0 Å². The lowest BCUT2D eigenvalue weighted by molar-refractivity contribution is 0.246. The molecule has 0 aliphatic carbocycles. The third-order valence-electron chi connectivity index (χ3n) is 4.36. The number of fused-ring (bicyclic) bond motifs is 2. The van der Waals surface area contributed by atoms with Gasteiger partial charge in [-0.05, 0) is 49.4 Å². The molecule has 3 rings (SSSR count). The normalized spacial score (nSPS) is 14.0. The summed E-state index contributed by atoms with van der Waals surface area (Å²) in [6.45, 7) is 3.49. The monoisotopic (exact) mass is 360 g/mol. The van der Waals surface area contributed by atoms with Crippen LogP contribution in [0.15, 0.2) is 27.9 Å². The van der Waals surface area contributed by atoms with E-state index in [2.05, 4.69) is 21.9 Å². The average molecular weight is 360 g/mol. The maximum atomic E-state index is 12.8. The predicted octanol–water partition coefficient (Wildman–Crippen LogP) is 3.23. The fourth-order valence-corrected chi connectivity index (χ4v) is 3.58. The Hall–Kier alpha value is -2.02. The van der Waals surface area contributed by atoms with E-state index in [-0.39, 0.29) is 11.6 Å². The van der Waals surface area contributed by atoms with Crippen LogP contribution < -0.4 is 15.6 Å². The molecule has 0 saturated carbocycles. The number of hydrogen-bond donors (Lipinski definition) is 2. The first-order valence-corrected chi connectivity index (χ1v) is 9.75. The number of carbonyl (C=O) groups excluding carboxylic acids is 1. The highest BCUT2D eigenvalue weighted by Gasteiger charge is 2.14. The number of benzene rings is 1. The molecule has 1 aromatic heterocycles. The number of unbranched alkanes of at least 4 members (excludes halogenated alkanes) is 1. The second-order valence-electron chi connectivity index (χ2n) is 6.29. The van der Waals surface area contributed by atoms with Crippen LogP contribution in [0.3, 0.4) is 0 Å². The van der Waals surface area contributed by atoms with Crippen LogP contribution in [-0.2, 0) is 13.0 Å². The van der Waals surface area contributed by atoms with E-state index in [1.54, 1.807) is 0 Å². The molecule has 6 nitrogen and oxygen atoms in total. The van der Waals surface area contributed by atoms with Gasteiger partial charge in [0, 0.05) is 24.4 Å². The zero-order valence-corrected chi connectivity index (χ0v) is 15.3. The quantitative estimate of drug-likeness (QED) is 0.634. The molecular weight excluding hydrogens is 336 g/mol. The van der Waals surface area contributed by atoms with Crippen LogP contribution in [0.5, 0.6) is 0 Å². The summed E-state index contributed by atoms with van der Waals surface area (Å²) in [7, 11) is 0. The molecule has 1 aliphatic rings. The summed E-state index contributed by atoms with van der Waals surface area (Å²) in [5.41, 5.74) is 0.756. The molecular formula is C18H24N4O2S. The Morgan fingerprint density at radius 2 is 2.20 bits per heavy atom. The van der Waals surface area contributed by atoms with Gasteiger partial charge in [-0.2, -0.15) is 0 Å². The van der Waals surface area contributed by atoms with Crippen LogP contribution in [0.4, 0.5) is 4.79 Å². The average Bonchev–Trinajstić information content (AvgIpc) is 2.86.